The van der Waals surface area contributed by atoms with E-state index in [0.29, 0.717) is 6.04 Å². The number of benzene rings is 1. The molecule has 1 aliphatic carbocycles. The Morgan fingerprint density at radius 1 is 1.08 bits per heavy atom. The van der Waals surface area contributed by atoms with Crippen molar-refractivity contribution in [3.05, 3.63) is 54.5 Å². The second kappa shape index (κ2) is 6.16. The number of carbonyl (C=O) groups excluding carboxylic acids is 1. The van der Waals surface area contributed by atoms with Gasteiger partial charge in [0.2, 0.25) is 0 Å². The van der Waals surface area contributed by atoms with Crippen molar-refractivity contribution in [3.63, 3.8) is 0 Å². The highest BCUT2D eigenvalue weighted by Crippen LogP contribution is 2.37. The molecule has 5 heteroatoms. The van der Waals surface area contributed by atoms with Crippen molar-refractivity contribution in [1.29, 1.82) is 0 Å². The lowest BCUT2D eigenvalue weighted by molar-refractivity contribution is 0.101. The summed E-state index contributed by atoms with van der Waals surface area (Å²) in [6.45, 7) is 2.15. The normalized spacial score (nSPS) is 17.0. The molecule has 1 aliphatic heterocycles. The van der Waals surface area contributed by atoms with Crippen LogP contribution in [-0.2, 0) is 0 Å². The van der Waals surface area contributed by atoms with Crippen molar-refractivity contribution in [2.24, 2.45) is 0 Å². The molecule has 5 nitrogen and oxygen atoms in total. The summed E-state index contributed by atoms with van der Waals surface area (Å²) in [6.07, 6.45) is 8.60. The molecule has 3 aromatic rings. The van der Waals surface area contributed by atoms with Gasteiger partial charge in [-0.25, -0.2) is 0 Å². The van der Waals surface area contributed by atoms with Crippen LogP contribution in [-0.4, -0.2) is 28.5 Å². The highest BCUT2D eigenvalue weighted by molar-refractivity contribution is 6.09. The van der Waals surface area contributed by atoms with E-state index in [9.17, 15) is 4.79 Å². The monoisotopic (exact) mass is 346 g/mol. The molecular formula is C21H22N4O. The zero-order valence-electron chi connectivity index (χ0n) is 14.7. The van der Waals surface area contributed by atoms with Crippen LogP contribution in [0.15, 0.2) is 48.8 Å². The van der Waals surface area contributed by atoms with Crippen LogP contribution in [0.25, 0.3) is 10.9 Å². The zero-order valence-corrected chi connectivity index (χ0v) is 14.7. The van der Waals surface area contributed by atoms with E-state index in [1.165, 1.54) is 12.8 Å². The van der Waals surface area contributed by atoms with Gasteiger partial charge in [0.05, 0.1) is 16.9 Å². The Kier molecular flexibility index (Phi) is 3.66. The predicted octanol–water partition coefficient (Wildman–Crippen LogP) is 4.22. The van der Waals surface area contributed by atoms with Crippen molar-refractivity contribution >= 4 is 28.2 Å². The minimum Gasteiger partial charge on any atom is -0.370 e. The van der Waals surface area contributed by atoms with Gasteiger partial charge in [0.1, 0.15) is 5.69 Å². The standard InChI is InChI=1S/C21H22N4O/c26-21(19-6-4-14-25(19)15-7-8-15)23-17-9-10-18(24-12-1-2-13-24)20-16(17)5-3-11-22-20/h3-6,9-11,14-15H,1-2,7-8,12-13H2,(H,23,26). The summed E-state index contributed by atoms with van der Waals surface area (Å²) in [5.74, 6) is -0.0547. The first-order valence-electron chi connectivity index (χ1n) is 9.42. The van der Waals surface area contributed by atoms with Crippen LogP contribution in [0.1, 0.15) is 42.2 Å². The molecule has 1 amide bonds. The van der Waals surface area contributed by atoms with Gasteiger partial charge in [-0.1, -0.05) is 0 Å². The van der Waals surface area contributed by atoms with E-state index in [2.05, 4.69) is 25.8 Å². The molecule has 0 atom stereocenters. The quantitative estimate of drug-likeness (QED) is 0.769. The van der Waals surface area contributed by atoms with Gasteiger partial charge in [-0.05, 0) is 62.1 Å². The first kappa shape index (κ1) is 15.4. The Labute approximate surface area is 152 Å². The number of rotatable bonds is 4. The number of hydrogen-bond acceptors (Lipinski definition) is 3. The van der Waals surface area contributed by atoms with Crippen molar-refractivity contribution in [3.8, 4) is 0 Å². The van der Waals surface area contributed by atoms with Gasteiger partial charge in [0.25, 0.3) is 5.91 Å². The van der Waals surface area contributed by atoms with E-state index in [1.807, 2.05) is 42.7 Å². The smallest absolute Gasteiger partial charge is 0.272 e. The maximum absolute atomic E-state index is 12.9. The molecule has 3 heterocycles. The number of carbonyl (C=O) groups is 1. The summed E-state index contributed by atoms with van der Waals surface area (Å²) in [5, 5.41) is 4.11. The van der Waals surface area contributed by atoms with Gasteiger partial charge in [-0.3, -0.25) is 9.78 Å². The fourth-order valence-electron chi connectivity index (χ4n) is 3.92. The molecule has 0 bridgehead atoms. The minimum atomic E-state index is -0.0547. The molecule has 0 radical (unpaired) electrons. The lowest BCUT2D eigenvalue weighted by Gasteiger charge is -2.20. The summed E-state index contributed by atoms with van der Waals surface area (Å²) in [4.78, 5) is 19.9. The number of nitrogens with one attached hydrogen (secondary N) is 1. The maximum atomic E-state index is 12.9. The largest absolute Gasteiger partial charge is 0.370 e. The van der Waals surface area contributed by atoms with Gasteiger partial charge in [-0.2, -0.15) is 0 Å². The minimum absolute atomic E-state index is 0.0547. The summed E-state index contributed by atoms with van der Waals surface area (Å²) < 4.78 is 2.09. The summed E-state index contributed by atoms with van der Waals surface area (Å²) >= 11 is 0. The second-order valence-electron chi connectivity index (χ2n) is 7.21. The third kappa shape index (κ3) is 2.64. The Morgan fingerprint density at radius 2 is 1.92 bits per heavy atom. The highest BCUT2D eigenvalue weighted by atomic mass is 16.2. The Balaban J connectivity index is 1.50. The molecular weight excluding hydrogens is 324 g/mol. The lowest BCUT2D eigenvalue weighted by atomic mass is 10.1. The summed E-state index contributed by atoms with van der Waals surface area (Å²) in [7, 11) is 0. The fraction of sp³-hybridized carbons (Fsp3) is 0.333. The summed E-state index contributed by atoms with van der Waals surface area (Å²) in [5.41, 5.74) is 3.68. The van der Waals surface area contributed by atoms with Gasteiger partial charge in [-0.15, -0.1) is 0 Å². The number of anilines is 2. The average Bonchev–Trinajstić information content (AvgIpc) is 3.17. The van der Waals surface area contributed by atoms with Crippen LogP contribution in [0.5, 0.6) is 0 Å². The highest BCUT2D eigenvalue weighted by Gasteiger charge is 2.27. The van der Waals surface area contributed by atoms with Crippen LogP contribution >= 0.6 is 0 Å². The summed E-state index contributed by atoms with van der Waals surface area (Å²) in [6, 6.07) is 12.4. The van der Waals surface area contributed by atoms with Crippen LogP contribution in [0.2, 0.25) is 0 Å². The zero-order chi connectivity index (χ0) is 17.5. The molecule has 2 aromatic heterocycles. The molecule has 1 saturated heterocycles. The number of fused-ring (bicyclic) bond motifs is 1. The van der Waals surface area contributed by atoms with E-state index < -0.39 is 0 Å². The van der Waals surface area contributed by atoms with Crippen molar-refractivity contribution in [2.75, 3.05) is 23.3 Å². The Morgan fingerprint density at radius 3 is 2.73 bits per heavy atom. The molecule has 0 unspecified atom stereocenters. The van der Waals surface area contributed by atoms with Gasteiger partial charge in [0.15, 0.2) is 0 Å². The second-order valence-corrected chi connectivity index (χ2v) is 7.21. The van der Waals surface area contributed by atoms with Crippen molar-refractivity contribution in [2.45, 2.75) is 31.7 Å². The van der Waals surface area contributed by atoms with Crippen LogP contribution < -0.4 is 10.2 Å². The van der Waals surface area contributed by atoms with Crippen LogP contribution in [0, 0.1) is 0 Å². The topological polar surface area (TPSA) is 50.2 Å². The predicted molar refractivity (Wildman–Crippen MR) is 104 cm³/mol. The lowest BCUT2D eigenvalue weighted by Crippen LogP contribution is -2.19. The molecule has 2 fully saturated rings. The SMILES string of the molecule is O=C(Nc1ccc(N2CCCC2)c2ncccc12)c1cccn1C1CC1. The fourth-order valence-corrected chi connectivity index (χ4v) is 3.92. The molecule has 132 valence electrons. The molecule has 26 heavy (non-hydrogen) atoms. The third-order valence-electron chi connectivity index (χ3n) is 5.40. The van der Waals surface area contributed by atoms with Gasteiger partial charge in [0, 0.05) is 36.9 Å². The van der Waals surface area contributed by atoms with Gasteiger partial charge >= 0.3 is 0 Å². The average molecular weight is 346 g/mol. The third-order valence-corrected chi connectivity index (χ3v) is 5.40. The Bertz CT molecular complexity index is 967. The number of aromatic nitrogens is 2. The first-order valence-corrected chi connectivity index (χ1v) is 9.42. The van der Waals surface area contributed by atoms with Crippen LogP contribution in [0.3, 0.4) is 0 Å². The van der Waals surface area contributed by atoms with E-state index in [0.717, 1.165) is 53.9 Å². The number of amides is 1. The van der Waals surface area contributed by atoms with Crippen molar-refractivity contribution < 1.29 is 4.79 Å². The van der Waals surface area contributed by atoms with Gasteiger partial charge < -0.3 is 14.8 Å². The van der Waals surface area contributed by atoms with E-state index >= 15 is 0 Å². The number of pyridine rings is 1. The molecule has 0 spiro atoms. The van der Waals surface area contributed by atoms with E-state index in [1.54, 1.807) is 0 Å². The molecule has 1 N–H and O–H groups in total. The molecule has 1 aromatic carbocycles. The maximum Gasteiger partial charge on any atom is 0.272 e. The molecule has 5 rings (SSSR count). The van der Waals surface area contributed by atoms with E-state index in [4.69, 9.17) is 0 Å². The first-order chi connectivity index (χ1) is 12.8. The van der Waals surface area contributed by atoms with E-state index in [-0.39, 0.29) is 5.91 Å². The Hall–Kier alpha value is -2.82. The molecule has 2 aliphatic rings. The number of nitrogens with zero attached hydrogens (tertiary/aromatic N) is 3. The van der Waals surface area contributed by atoms with Crippen molar-refractivity contribution in [1.82, 2.24) is 9.55 Å². The molecule has 1 saturated carbocycles. The number of hydrogen-bond donors (Lipinski definition) is 1. The van der Waals surface area contributed by atoms with Crippen LogP contribution in [0.4, 0.5) is 11.4 Å².